The van der Waals surface area contributed by atoms with Crippen LogP contribution in [0, 0.1) is 0 Å². The summed E-state index contributed by atoms with van der Waals surface area (Å²) in [6.07, 6.45) is 1.56. The lowest BCUT2D eigenvalue weighted by Crippen LogP contribution is -2.23. The average molecular weight is 224 g/mol. The summed E-state index contributed by atoms with van der Waals surface area (Å²) in [5.41, 5.74) is 6.02. The number of rotatable bonds is 5. The number of hydrogen-bond donors (Lipinski definition) is 2. The second-order valence-corrected chi connectivity index (χ2v) is 3.30. The highest BCUT2D eigenvalue weighted by Crippen LogP contribution is 2.08. The van der Waals surface area contributed by atoms with E-state index in [1.807, 2.05) is 18.0 Å². The first-order valence-electron chi connectivity index (χ1n) is 4.83. The summed E-state index contributed by atoms with van der Waals surface area (Å²) in [6.45, 7) is 1.40. The highest BCUT2D eigenvalue weighted by atomic mass is 16.5. The van der Waals surface area contributed by atoms with Crippen molar-refractivity contribution < 1.29 is 9.94 Å². The van der Waals surface area contributed by atoms with Crippen LogP contribution in [0.15, 0.2) is 23.5 Å². The molecule has 0 fully saturated rings. The van der Waals surface area contributed by atoms with Crippen LogP contribution in [0.25, 0.3) is 0 Å². The molecule has 6 nitrogen and oxygen atoms in total. The van der Waals surface area contributed by atoms with Crippen LogP contribution in [0.3, 0.4) is 0 Å². The normalized spacial score (nSPS) is 11.5. The maximum atomic E-state index is 8.49. The van der Waals surface area contributed by atoms with Gasteiger partial charge in [-0.1, -0.05) is 5.16 Å². The third-order valence-corrected chi connectivity index (χ3v) is 2.17. The van der Waals surface area contributed by atoms with Crippen LogP contribution in [0.1, 0.15) is 5.56 Å². The van der Waals surface area contributed by atoms with Gasteiger partial charge in [-0.25, -0.2) is 4.98 Å². The van der Waals surface area contributed by atoms with Gasteiger partial charge in [-0.2, -0.15) is 0 Å². The molecule has 0 unspecified atom stereocenters. The van der Waals surface area contributed by atoms with Gasteiger partial charge in [0.1, 0.15) is 5.82 Å². The van der Waals surface area contributed by atoms with Crippen LogP contribution in [-0.4, -0.2) is 43.3 Å². The number of oxime groups is 1. The van der Waals surface area contributed by atoms with E-state index in [1.54, 1.807) is 19.4 Å². The predicted molar refractivity (Wildman–Crippen MR) is 61.9 cm³/mol. The van der Waals surface area contributed by atoms with Crippen molar-refractivity contribution in [2.24, 2.45) is 10.9 Å². The molecule has 0 aliphatic heterocycles. The highest BCUT2D eigenvalue weighted by Gasteiger charge is 2.03. The van der Waals surface area contributed by atoms with Gasteiger partial charge in [-0.3, -0.25) is 0 Å². The molecule has 6 heteroatoms. The van der Waals surface area contributed by atoms with Crippen LogP contribution in [0.2, 0.25) is 0 Å². The second kappa shape index (κ2) is 5.92. The summed E-state index contributed by atoms with van der Waals surface area (Å²) in [4.78, 5) is 6.16. The van der Waals surface area contributed by atoms with Crippen molar-refractivity contribution >= 4 is 11.7 Å². The Morgan fingerprint density at radius 1 is 1.62 bits per heavy atom. The minimum Gasteiger partial charge on any atom is -0.409 e. The van der Waals surface area contributed by atoms with E-state index in [0.29, 0.717) is 12.2 Å². The molecule has 0 aliphatic rings. The lowest BCUT2D eigenvalue weighted by atomic mass is 10.2. The molecule has 88 valence electrons. The quantitative estimate of drug-likeness (QED) is 0.324. The van der Waals surface area contributed by atoms with E-state index in [9.17, 15) is 0 Å². The largest absolute Gasteiger partial charge is 0.409 e. The molecule has 0 aromatic carbocycles. The zero-order chi connectivity index (χ0) is 12.0. The monoisotopic (exact) mass is 224 g/mol. The van der Waals surface area contributed by atoms with Gasteiger partial charge in [0, 0.05) is 32.5 Å². The molecule has 1 heterocycles. The molecule has 1 rings (SSSR count). The summed E-state index contributed by atoms with van der Waals surface area (Å²) in [5.74, 6) is 0.866. The Labute approximate surface area is 94.3 Å². The Bertz CT molecular complexity index is 350. The highest BCUT2D eigenvalue weighted by molar-refractivity contribution is 5.96. The first kappa shape index (κ1) is 12.3. The van der Waals surface area contributed by atoms with Crippen molar-refractivity contribution in [3.8, 4) is 0 Å². The summed E-state index contributed by atoms with van der Waals surface area (Å²) in [7, 11) is 3.58. The maximum absolute atomic E-state index is 8.49. The van der Waals surface area contributed by atoms with E-state index in [1.165, 1.54) is 0 Å². The number of nitrogens with two attached hydrogens (primary N) is 1. The average Bonchev–Trinajstić information content (AvgIpc) is 2.35. The molecule has 1 aromatic rings. The number of anilines is 1. The molecule has 0 radical (unpaired) electrons. The van der Waals surface area contributed by atoms with Gasteiger partial charge in [0.2, 0.25) is 0 Å². The number of likely N-dealkylation sites (N-methyl/N-ethyl adjacent to an activating group) is 1. The standard InChI is InChI=1S/C10H16N4O2/c1-14(5-6-16-2)9-4-3-8(7-12-9)10(11)13-15/h3-4,7,15H,5-6H2,1-2H3,(H2,11,13). The van der Waals surface area contributed by atoms with Gasteiger partial charge >= 0.3 is 0 Å². The zero-order valence-electron chi connectivity index (χ0n) is 9.42. The van der Waals surface area contributed by atoms with Gasteiger partial charge in [0.15, 0.2) is 5.84 Å². The molecule has 16 heavy (non-hydrogen) atoms. The Hall–Kier alpha value is -1.82. The molecular formula is C10H16N4O2. The number of pyridine rings is 1. The van der Waals surface area contributed by atoms with E-state index in [2.05, 4.69) is 10.1 Å². The van der Waals surface area contributed by atoms with E-state index < -0.39 is 0 Å². The Kier molecular flexibility index (Phi) is 4.53. The maximum Gasteiger partial charge on any atom is 0.171 e. The first-order valence-corrected chi connectivity index (χ1v) is 4.83. The van der Waals surface area contributed by atoms with Crippen molar-refractivity contribution in [3.63, 3.8) is 0 Å². The predicted octanol–water partition coefficient (Wildman–Crippen LogP) is 0.259. The SMILES string of the molecule is COCCN(C)c1ccc(/C(N)=N/O)cn1. The van der Waals surface area contributed by atoms with Gasteiger partial charge in [0.05, 0.1) is 6.61 Å². The van der Waals surface area contributed by atoms with Crippen LogP contribution in [0.5, 0.6) is 0 Å². The number of aromatic nitrogens is 1. The third kappa shape index (κ3) is 3.09. The number of nitrogens with zero attached hydrogens (tertiary/aromatic N) is 3. The van der Waals surface area contributed by atoms with E-state index >= 15 is 0 Å². The molecule has 0 saturated heterocycles. The van der Waals surface area contributed by atoms with Gasteiger partial charge in [-0.15, -0.1) is 0 Å². The fourth-order valence-electron chi connectivity index (χ4n) is 1.16. The number of ether oxygens (including phenoxy) is 1. The summed E-state index contributed by atoms with van der Waals surface area (Å²) >= 11 is 0. The Morgan fingerprint density at radius 2 is 2.38 bits per heavy atom. The molecule has 3 N–H and O–H groups in total. The van der Waals surface area contributed by atoms with Crippen LogP contribution >= 0.6 is 0 Å². The van der Waals surface area contributed by atoms with Crippen molar-refractivity contribution in [3.05, 3.63) is 23.9 Å². The smallest absolute Gasteiger partial charge is 0.171 e. The third-order valence-electron chi connectivity index (χ3n) is 2.17. The Morgan fingerprint density at radius 3 is 2.88 bits per heavy atom. The first-order chi connectivity index (χ1) is 7.69. The fraction of sp³-hybridized carbons (Fsp3) is 0.400. The lowest BCUT2D eigenvalue weighted by Gasteiger charge is -2.17. The Balaban J connectivity index is 2.71. The second-order valence-electron chi connectivity index (χ2n) is 3.30. The molecule has 0 saturated carbocycles. The fourth-order valence-corrected chi connectivity index (χ4v) is 1.16. The minimum atomic E-state index is 0.0543. The zero-order valence-corrected chi connectivity index (χ0v) is 9.42. The molecule has 1 aromatic heterocycles. The molecular weight excluding hydrogens is 208 g/mol. The van der Waals surface area contributed by atoms with Gasteiger partial charge in [0.25, 0.3) is 0 Å². The summed E-state index contributed by atoms with van der Waals surface area (Å²) < 4.78 is 4.97. The lowest BCUT2D eigenvalue weighted by molar-refractivity contribution is 0.206. The summed E-state index contributed by atoms with van der Waals surface area (Å²) in [6, 6.07) is 3.56. The van der Waals surface area contributed by atoms with Crippen LogP contribution in [-0.2, 0) is 4.74 Å². The van der Waals surface area contributed by atoms with E-state index in [-0.39, 0.29) is 5.84 Å². The van der Waals surface area contributed by atoms with Crippen LogP contribution in [0.4, 0.5) is 5.82 Å². The van der Waals surface area contributed by atoms with Crippen molar-refractivity contribution in [2.45, 2.75) is 0 Å². The van der Waals surface area contributed by atoms with E-state index in [4.69, 9.17) is 15.7 Å². The molecule has 0 spiro atoms. The van der Waals surface area contributed by atoms with Crippen LogP contribution < -0.4 is 10.6 Å². The summed E-state index contributed by atoms with van der Waals surface area (Å²) in [5, 5.41) is 11.4. The molecule has 0 aliphatic carbocycles. The van der Waals surface area contributed by atoms with Gasteiger partial charge < -0.3 is 20.6 Å². The molecule has 0 atom stereocenters. The van der Waals surface area contributed by atoms with Gasteiger partial charge in [-0.05, 0) is 12.1 Å². The van der Waals surface area contributed by atoms with Crippen molar-refractivity contribution in [1.29, 1.82) is 0 Å². The number of amidine groups is 1. The number of hydrogen-bond acceptors (Lipinski definition) is 5. The molecule has 0 bridgehead atoms. The van der Waals surface area contributed by atoms with Crippen molar-refractivity contribution in [2.75, 3.05) is 32.2 Å². The minimum absolute atomic E-state index is 0.0543. The van der Waals surface area contributed by atoms with E-state index in [0.717, 1.165) is 12.4 Å². The van der Waals surface area contributed by atoms with Crippen molar-refractivity contribution in [1.82, 2.24) is 4.98 Å². The topological polar surface area (TPSA) is 84.0 Å². The molecule has 0 amide bonds. The number of methoxy groups -OCH3 is 1.